The molecule has 4 rings (SSSR count). The molecule has 2 aromatic heterocycles. The Morgan fingerprint density at radius 2 is 2.14 bits per heavy atom. The number of nitrogen functional groups attached to an aromatic ring is 1. The fourth-order valence-corrected chi connectivity index (χ4v) is 3.59. The number of aromatic nitrogens is 3. The minimum Gasteiger partial charge on any atom is -0.383 e. The van der Waals surface area contributed by atoms with E-state index in [1.165, 1.54) is 17.2 Å². The number of hydrogen-bond acceptors (Lipinski definition) is 6. The topological polar surface area (TPSA) is 85.0 Å². The highest BCUT2D eigenvalue weighted by Crippen LogP contribution is 2.33. The summed E-state index contributed by atoms with van der Waals surface area (Å²) in [6.07, 6.45) is 2.81. The van der Waals surface area contributed by atoms with Crippen LogP contribution >= 0.6 is 11.3 Å². The molecule has 2 N–H and O–H groups in total. The van der Waals surface area contributed by atoms with Crippen LogP contribution in [0.2, 0.25) is 0 Å². The van der Waals surface area contributed by atoms with Crippen LogP contribution in [0.25, 0.3) is 10.2 Å². The van der Waals surface area contributed by atoms with Crippen molar-refractivity contribution in [3.05, 3.63) is 47.4 Å². The van der Waals surface area contributed by atoms with Crippen LogP contribution in [0.5, 0.6) is 0 Å². The molecule has 1 amide bonds. The van der Waals surface area contributed by atoms with Crippen molar-refractivity contribution in [3.8, 4) is 0 Å². The van der Waals surface area contributed by atoms with Gasteiger partial charge in [-0.1, -0.05) is 12.1 Å². The van der Waals surface area contributed by atoms with E-state index in [0.717, 1.165) is 10.5 Å². The summed E-state index contributed by atoms with van der Waals surface area (Å²) in [5.41, 5.74) is 7.11. The molecule has 110 valence electrons. The van der Waals surface area contributed by atoms with Gasteiger partial charge in [0.1, 0.15) is 17.2 Å². The Kier molecular flexibility index (Phi) is 3.00. The number of nitrogens with zero attached hydrogens (tertiary/aromatic N) is 4. The molecule has 0 radical (unpaired) electrons. The first-order valence-electron chi connectivity index (χ1n) is 6.92. The van der Waals surface area contributed by atoms with Gasteiger partial charge in [0.05, 0.1) is 15.8 Å². The molecule has 0 unspecified atom stereocenters. The molecule has 22 heavy (non-hydrogen) atoms. The molecular weight excluding hydrogens is 298 g/mol. The molecule has 0 saturated carbocycles. The summed E-state index contributed by atoms with van der Waals surface area (Å²) in [6, 6.07) is 8.08. The van der Waals surface area contributed by atoms with Gasteiger partial charge in [-0.15, -0.1) is 11.3 Å². The van der Waals surface area contributed by atoms with Crippen molar-refractivity contribution in [3.63, 3.8) is 0 Å². The quantitative estimate of drug-likeness (QED) is 0.781. The molecule has 0 atom stereocenters. The van der Waals surface area contributed by atoms with Gasteiger partial charge >= 0.3 is 0 Å². The molecule has 1 aliphatic rings. The molecule has 0 aliphatic carbocycles. The molecule has 3 aromatic rings. The van der Waals surface area contributed by atoms with Crippen LogP contribution in [0, 0.1) is 0 Å². The Bertz CT molecular complexity index is 823. The van der Waals surface area contributed by atoms with Crippen LogP contribution in [0.4, 0.5) is 5.82 Å². The lowest BCUT2D eigenvalue weighted by Gasteiger charge is -2.38. The van der Waals surface area contributed by atoms with Gasteiger partial charge in [0.2, 0.25) is 0 Å². The van der Waals surface area contributed by atoms with Crippen LogP contribution in [0.1, 0.15) is 21.3 Å². The molecular formula is C15H13N5OS. The van der Waals surface area contributed by atoms with Crippen molar-refractivity contribution in [2.75, 3.05) is 18.8 Å². The number of benzene rings is 1. The van der Waals surface area contributed by atoms with Crippen molar-refractivity contribution in [1.29, 1.82) is 0 Å². The summed E-state index contributed by atoms with van der Waals surface area (Å²) in [7, 11) is 0. The average Bonchev–Trinajstić information content (AvgIpc) is 2.89. The first kappa shape index (κ1) is 13.1. The highest BCUT2D eigenvalue weighted by atomic mass is 32.1. The normalized spacial score (nSPS) is 15.0. The number of fused-ring (bicyclic) bond motifs is 1. The molecule has 0 spiro atoms. The summed E-state index contributed by atoms with van der Waals surface area (Å²) >= 11 is 1.70. The summed E-state index contributed by atoms with van der Waals surface area (Å²) in [5, 5.41) is 1.09. The molecule has 1 aromatic carbocycles. The maximum Gasteiger partial charge on any atom is 0.259 e. The van der Waals surface area contributed by atoms with E-state index in [4.69, 9.17) is 5.73 Å². The van der Waals surface area contributed by atoms with E-state index in [-0.39, 0.29) is 11.7 Å². The Balaban J connectivity index is 1.50. The van der Waals surface area contributed by atoms with Gasteiger partial charge in [0, 0.05) is 25.2 Å². The second kappa shape index (κ2) is 5.03. The van der Waals surface area contributed by atoms with Gasteiger partial charge < -0.3 is 10.6 Å². The molecule has 7 heteroatoms. The Morgan fingerprint density at radius 3 is 2.91 bits per heavy atom. The zero-order valence-electron chi connectivity index (χ0n) is 11.6. The number of amides is 1. The lowest BCUT2D eigenvalue weighted by atomic mass is 10.00. The number of hydrogen-bond donors (Lipinski definition) is 1. The van der Waals surface area contributed by atoms with Gasteiger partial charge in [-0.25, -0.2) is 15.0 Å². The van der Waals surface area contributed by atoms with E-state index < -0.39 is 0 Å². The predicted octanol–water partition coefficient (Wildman–Crippen LogP) is 1.91. The number of carbonyl (C=O) groups is 1. The van der Waals surface area contributed by atoms with Crippen LogP contribution in [0.3, 0.4) is 0 Å². The number of thiazole rings is 1. The van der Waals surface area contributed by atoms with E-state index >= 15 is 0 Å². The molecule has 3 heterocycles. The first-order valence-corrected chi connectivity index (χ1v) is 7.74. The maximum atomic E-state index is 12.3. The fourth-order valence-electron chi connectivity index (χ4n) is 2.54. The van der Waals surface area contributed by atoms with Crippen LogP contribution in [-0.4, -0.2) is 38.8 Å². The molecule has 6 nitrogen and oxygen atoms in total. The molecule has 1 aliphatic heterocycles. The van der Waals surface area contributed by atoms with Crippen molar-refractivity contribution in [1.82, 2.24) is 19.9 Å². The number of anilines is 1. The number of para-hydroxylation sites is 1. The number of nitrogens with two attached hydrogens (primary N) is 1. The average molecular weight is 311 g/mol. The summed E-state index contributed by atoms with van der Waals surface area (Å²) in [4.78, 5) is 26.5. The van der Waals surface area contributed by atoms with Crippen LogP contribution in [-0.2, 0) is 0 Å². The number of rotatable bonds is 2. The third kappa shape index (κ3) is 2.10. The maximum absolute atomic E-state index is 12.3. The van der Waals surface area contributed by atoms with Gasteiger partial charge in [0.25, 0.3) is 5.91 Å². The fraction of sp³-hybridized carbons (Fsp3) is 0.200. The van der Waals surface area contributed by atoms with Gasteiger partial charge in [-0.2, -0.15) is 0 Å². The molecule has 1 fully saturated rings. The minimum absolute atomic E-state index is 0.115. The lowest BCUT2D eigenvalue weighted by molar-refractivity contribution is 0.0602. The second-order valence-corrected chi connectivity index (χ2v) is 6.31. The Labute approximate surface area is 130 Å². The van der Waals surface area contributed by atoms with E-state index in [0.29, 0.717) is 24.6 Å². The third-order valence-corrected chi connectivity index (χ3v) is 5.00. The molecule has 1 saturated heterocycles. The Hall–Kier alpha value is -2.54. The van der Waals surface area contributed by atoms with Gasteiger partial charge in [-0.05, 0) is 12.1 Å². The highest BCUT2D eigenvalue weighted by molar-refractivity contribution is 7.18. The van der Waals surface area contributed by atoms with Crippen LogP contribution in [0.15, 0.2) is 36.8 Å². The lowest BCUT2D eigenvalue weighted by Crippen LogP contribution is -2.48. The van der Waals surface area contributed by atoms with Crippen molar-refractivity contribution in [2.45, 2.75) is 5.92 Å². The predicted molar refractivity (Wildman–Crippen MR) is 84.7 cm³/mol. The number of likely N-dealkylation sites (tertiary alicyclic amines) is 1. The summed E-state index contributed by atoms with van der Waals surface area (Å²) in [6.45, 7) is 1.32. The van der Waals surface area contributed by atoms with Crippen LogP contribution < -0.4 is 5.73 Å². The molecule has 0 bridgehead atoms. The highest BCUT2D eigenvalue weighted by Gasteiger charge is 2.35. The standard InChI is InChI=1S/C15H13N5OS/c16-13-10(5-17-8-18-13)15(21)20-6-9(7-20)14-19-11-3-1-2-4-12(11)22-14/h1-5,8-9H,6-7H2,(H2,16,17,18). The monoisotopic (exact) mass is 311 g/mol. The van der Waals surface area contributed by atoms with Gasteiger partial charge in [0.15, 0.2) is 0 Å². The first-order chi connectivity index (χ1) is 10.7. The van der Waals surface area contributed by atoms with Gasteiger partial charge in [-0.3, -0.25) is 4.79 Å². The Morgan fingerprint density at radius 1 is 1.32 bits per heavy atom. The smallest absolute Gasteiger partial charge is 0.259 e. The van der Waals surface area contributed by atoms with E-state index in [1.54, 1.807) is 16.2 Å². The van der Waals surface area contributed by atoms with E-state index in [1.807, 2.05) is 18.2 Å². The summed E-state index contributed by atoms with van der Waals surface area (Å²) in [5.74, 6) is 0.408. The zero-order valence-corrected chi connectivity index (χ0v) is 12.5. The zero-order chi connectivity index (χ0) is 15.1. The van der Waals surface area contributed by atoms with E-state index in [9.17, 15) is 4.79 Å². The third-order valence-electron chi connectivity index (χ3n) is 3.80. The SMILES string of the molecule is Nc1ncncc1C(=O)N1CC(c2nc3ccccc3s2)C1. The minimum atomic E-state index is -0.115. The van der Waals surface area contributed by atoms with E-state index in [2.05, 4.69) is 21.0 Å². The van der Waals surface area contributed by atoms with Crippen molar-refractivity contribution in [2.24, 2.45) is 0 Å². The number of carbonyl (C=O) groups excluding carboxylic acids is 1. The summed E-state index contributed by atoms with van der Waals surface area (Å²) < 4.78 is 1.18. The largest absolute Gasteiger partial charge is 0.383 e. The second-order valence-electron chi connectivity index (χ2n) is 5.25. The van der Waals surface area contributed by atoms with Crippen molar-refractivity contribution >= 4 is 33.3 Å². The van der Waals surface area contributed by atoms with Crippen molar-refractivity contribution < 1.29 is 4.79 Å².